The number of nitrogens with two attached hydrogens (primary N) is 1. The molecule has 2 aromatic rings. The van der Waals surface area contributed by atoms with E-state index >= 15 is 0 Å². The number of aldehydes is 1. The number of halogens is 1. The van der Waals surface area contributed by atoms with E-state index in [4.69, 9.17) is 22.1 Å². The van der Waals surface area contributed by atoms with Gasteiger partial charge in [0.25, 0.3) is 0 Å². The second-order valence-corrected chi connectivity index (χ2v) is 4.07. The third-order valence-electron chi connectivity index (χ3n) is 2.52. The molecule has 0 bridgehead atoms. The fourth-order valence-corrected chi connectivity index (χ4v) is 1.86. The number of rotatable bonds is 3. The molecule has 1 aromatic heterocycles. The highest BCUT2D eigenvalue weighted by Gasteiger charge is 2.10. The van der Waals surface area contributed by atoms with Gasteiger partial charge in [-0.05, 0) is 18.2 Å². The molecule has 1 heterocycles. The zero-order valence-corrected chi connectivity index (χ0v) is 10.4. The predicted octanol–water partition coefficient (Wildman–Crippen LogP) is 2.81. The Morgan fingerprint density at radius 3 is 2.83 bits per heavy atom. The average Bonchev–Trinajstić information content (AvgIpc) is 2.41. The molecule has 0 aliphatic rings. The highest BCUT2D eigenvalue weighted by Crippen LogP contribution is 2.34. The van der Waals surface area contributed by atoms with Gasteiger partial charge in [0, 0.05) is 29.1 Å². The molecule has 0 radical (unpaired) electrons. The van der Waals surface area contributed by atoms with Crippen LogP contribution in [0.1, 0.15) is 10.4 Å². The molecule has 2 rings (SSSR count). The van der Waals surface area contributed by atoms with Crippen LogP contribution in [0, 0.1) is 0 Å². The second-order valence-electron chi connectivity index (χ2n) is 3.67. The first-order valence-corrected chi connectivity index (χ1v) is 5.58. The van der Waals surface area contributed by atoms with Crippen molar-refractivity contribution in [3.8, 4) is 17.0 Å². The topological polar surface area (TPSA) is 65.2 Å². The summed E-state index contributed by atoms with van der Waals surface area (Å²) in [6.45, 7) is 0. The molecule has 0 aliphatic carbocycles. The highest BCUT2D eigenvalue weighted by molar-refractivity contribution is 6.32. The van der Waals surface area contributed by atoms with Gasteiger partial charge in [-0.15, -0.1) is 0 Å². The largest absolute Gasteiger partial charge is 0.495 e. The Bertz CT molecular complexity index is 600. The number of hydrogen-bond donors (Lipinski definition) is 1. The van der Waals surface area contributed by atoms with E-state index in [-0.39, 0.29) is 0 Å². The summed E-state index contributed by atoms with van der Waals surface area (Å²) in [6.07, 6.45) is 2.31. The average molecular weight is 263 g/mol. The summed E-state index contributed by atoms with van der Waals surface area (Å²) in [6, 6.07) is 6.58. The summed E-state index contributed by atoms with van der Waals surface area (Å²) >= 11 is 6.05. The number of carbonyl (C=O) groups is 1. The molecule has 0 unspecified atom stereocenters. The van der Waals surface area contributed by atoms with Crippen molar-refractivity contribution in [3.05, 3.63) is 41.0 Å². The summed E-state index contributed by atoms with van der Waals surface area (Å²) in [4.78, 5) is 14.9. The first kappa shape index (κ1) is 12.4. The predicted molar refractivity (Wildman–Crippen MR) is 71.0 cm³/mol. The number of aromatic nitrogens is 1. The molecule has 4 nitrogen and oxygen atoms in total. The molecule has 18 heavy (non-hydrogen) atoms. The van der Waals surface area contributed by atoms with Gasteiger partial charge in [-0.3, -0.25) is 9.78 Å². The minimum Gasteiger partial charge on any atom is -0.495 e. The molecule has 2 N–H and O–H groups in total. The molecular weight excluding hydrogens is 252 g/mol. The quantitative estimate of drug-likeness (QED) is 0.682. The van der Waals surface area contributed by atoms with Crippen LogP contribution in [-0.2, 0) is 0 Å². The van der Waals surface area contributed by atoms with Gasteiger partial charge in [-0.2, -0.15) is 0 Å². The van der Waals surface area contributed by atoms with Crippen LogP contribution in [0.5, 0.6) is 5.75 Å². The monoisotopic (exact) mass is 262 g/mol. The molecule has 0 amide bonds. The molecule has 92 valence electrons. The minimum atomic E-state index is 0.444. The number of benzene rings is 1. The Kier molecular flexibility index (Phi) is 3.48. The Labute approximate surface area is 109 Å². The maximum absolute atomic E-state index is 10.7. The van der Waals surface area contributed by atoms with Gasteiger partial charge >= 0.3 is 0 Å². The standard InChI is InChI=1S/C13H11ClN2O2/c1-18-13-6-11(15)9(5-10(13)14)12-4-8(7-17)2-3-16-12/h2-7H,15H2,1H3. The van der Waals surface area contributed by atoms with Gasteiger partial charge in [0.15, 0.2) is 0 Å². The third-order valence-corrected chi connectivity index (χ3v) is 2.82. The Hall–Kier alpha value is -2.07. The Morgan fingerprint density at radius 2 is 2.17 bits per heavy atom. The summed E-state index contributed by atoms with van der Waals surface area (Å²) in [7, 11) is 1.52. The first-order valence-electron chi connectivity index (χ1n) is 5.20. The van der Waals surface area contributed by atoms with Gasteiger partial charge in [-0.25, -0.2) is 0 Å². The number of anilines is 1. The van der Waals surface area contributed by atoms with E-state index < -0.39 is 0 Å². The molecule has 0 saturated carbocycles. The van der Waals surface area contributed by atoms with Crippen molar-refractivity contribution in [2.24, 2.45) is 0 Å². The van der Waals surface area contributed by atoms with Crippen molar-refractivity contribution >= 4 is 23.6 Å². The van der Waals surface area contributed by atoms with Crippen molar-refractivity contribution in [3.63, 3.8) is 0 Å². The Balaban J connectivity index is 2.56. The van der Waals surface area contributed by atoms with E-state index in [1.165, 1.54) is 7.11 Å². The van der Waals surface area contributed by atoms with E-state index in [2.05, 4.69) is 4.98 Å². The third kappa shape index (κ3) is 2.28. The number of methoxy groups -OCH3 is 1. The smallest absolute Gasteiger partial charge is 0.150 e. The van der Waals surface area contributed by atoms with E-state index in [0.717, 1.165) is 6.29 Å². The Morgan fingerprint density at radius 1 is 1.39 bits per heavy atom. The molecule has 0 spiro atoms. The summed E-state index contributed by atoms with van der Waals surface area (Å²) in [5.41, 5.74) is 8.22. The SMILES string of the molecule is COc1cc(N)c(-c2cc(C=O)ccn2)cc1Cl. The number of pyridine rings is 1. The lowest BCUT2D eigenvalue weighted by Crippen LogP contribution is -1.95. The van der Waals surface area contributed by atoms with Crippen molar-refractivity contribution in [2.45, 2.75) is 0 Å². The van der Waals surface area contributed by atoms with Gasteiger partial charge in [-0.1, -0.05) is 11.6 Å². The molecule has 0 fully saturated rings. The van der Waals surface area contributed by atoms with Crippen molar-refractivity contribution in [1.82, 2.24) is 4.98 Å². The summed E-state index contributed by atoms with van der Waals surface area (Å²) in [5.74, 6) is 0.504. The zero-order valence-electron chi connectivity index (χ0n) is 9.68. The zero-order chi connectivity index (χ0) is 13.1. The van der Waals surface area contributed by atoms with Crippen LogP contribution in [-0.4, -0.2) is 18.4 Å². The van der Waals surface area contributed by atoms with Crippen LogP contribution in [0.25, 0.3) is 11.3 Å². The van der Waals surface area contributed by atoms with Crippen molar-refractivity contribution in [2.75, 3.05) is 12.8 Å². The van der Waals surface area contributed by atoms with Crippen LogP contribution >= 0.6 is 11.6 Å². The van der Waals surface area contributed by atoms with Gasteiger partial charge in [0.1, 0.15) is 12.0 Å². The van der Waals surface area contributed by atoms with Gasteiger partial charge in [0.05, 0.1) is 17.8 Å². The van der Waals surface area contributed by atoms with Crippen molar-refractivity contribution in [1.29, 1.82) is 0 Å². The van der Waals surface area contributed by atoms with Crippen LogP contribution in [0.2, 0.25) is 5.02 Å². The number of carbonyl (C=O) groups excluding carboxylic acids is 1. The summed E-state index contributed by atoms with van der Waals surface area (Å²) in [5, 5.41) is 0.444. The van der Waals surface area contributed by atoms with E-state index in [1.54, 1.807) is 30.5 Å². The first-order chi connectivity index (χ1) is 8.65. The van der Waals surface area contributed by atoms with Crippen LogP contribution in [0.4, 0.5) is 5.69 Å². The normalized spacial score (nSPS) is 10.1. The lowest BCUT2D eigenvalue weighted by atomic mass is 10.1. The molecule has 0 aliphatic heterocycles. The highest BCUT2D eigenvalue weighted by atomic mass is 35.5. The summed E-state index contributed by atoms with van der Waals surface area (Å²) < 4.78 is 5.07. The lowest BCUT2D eigenvalue weighted by Gasteiger charge is -2.09. The number of nitrogen functional groups attached to an aromatic ring is 1. The minimum absolute atomic E-state index is 0.444. The number of hydrogen-bond acceptors (Lipinski definition) is 4. The van der Waals surface area contributed by atoms with Gasteiger partial charge < -0.3 is 10.5 Å². The van der Waals surface area contributed by atoms with Crippen LogP contribution in [0.3, 0.4) is 0 Å². The number of ether oxygens (including phenoxy) is 1. The van der Waals surface area contributed by atoms with E-state index in [0.29, 0.717) is 33.3 Å². The molecule has 0 saturated heterocycles. The van der Waals surface area contributed by atoms with Crippen molar-refractivity contribution < 1.29 is 9.53 Å². The van der Waals surface area contributed by atoms with Crippen LogP contribution < -0.4 is 10.5 Å². The van der Waals surface area contributed by atoms with Crippen LogP contribution in [0.15, 0.2) is 30.5 Å². The van der Waals surface area contributed by atoms with Gasteiger partial charge in [0.2, 0.25) is 0 Å². The number of nitrogens with zero attached hydrogens (tertiary/aromatic N) is 1. The van der Waals surface area contributed by atoms with E-state index in [9.17, 15) is 4.79 Å². The van der Waals surface area contributed by atoms with E-state index in [1.807, 2.05) is 0 Å². The maximum atomic E-state index is 10.7. The molecular formula is C13H11ClN2O2. The molecule has 1 aromatic carbocycles. The maximum Gasteiger partial charge on any atom is 0.150 e. The fraction of sp³-hybridized carbons (Fsp3) is 0.0769. The lowest BCUT2D eigenvalue weighted by molar-refractivity contribution is 0.112. The fourth-order valence-electron chi connectivity index (χ4n) is 1.61. The molecule has 5 heteroatoms. The second kappa shape index (κ2) is 5.06. The molecule has 0 atom stereocenters.